The third-order valence-corrected chi connectivity index (χ3v) is 3.70. The number of hydrogen-bond donors (Lipinski definition) is 2. The van der Waals surface area contributed by atoms with Crippen LogP contribution in [0.1, 0.15) is 18.9 Å². The van der Waals surface area contributed by atoms with Gasteiger partial charge in [0.05, 0.1) is 14.2 Å². The van der Waals surface area contributed by atoms with E-state index in [2.05, 4.69) is 20.1 Å². The third kappa shape index (κ3) is 7.56. The fraction of sp³-hybridized carbons (Fsp3) is 0.368. The molecule has 0 aliphatic rings. The highest BCUT2D eigenvalue weighted by atomic mass is 19.1. The van der Waals surface area contributed by atoms with Crippen LogP contribution in [0.5, 0.6) is 0 Å². The maximum atomic E-state index is 13.9. The van der Waals surface area contributed by atoms with Gasteiger partial charge in [0.25, 0.3) is 0 Å². The number of hydrogen-bond acceptors (Lipinski definition) is 6. The molecule has 152 valence electrons. The van der Waals surface area contributed by atoms with Gasteiger partial charge in [-0.25, -0.2) is 14.0 Å². The molecule has 0 aliphatic heterocycles. The van der Waals surface area contributed by atoms with Crippen LogP contribution < -0.4 is 10.6 Å². The number of ether oxygens (including phenoxy) is 2. The fourth-order valence-corrected chi connectivity index (χ4v) is 2.34. The Balaban J connectivity index is 2.93. The number of methoxy groups -OCH3 is 2. The Hall–Kier alpha value is -3.23. The van der Waals surface area contributed by atoms with E-state index in [1.165, 1.54) is 38.3 Å². The molecule has 0 aromatic heterocycles. The van der Waals surface area contributed by atoms with E-state index in [0.717, 1.165) is 13.2 Å². The van der Waals surface area contributed by atoms with Crippen LogP contribution in [0, 0.1) is 5.82 Å². The molecule has 1 rings (SSSR count). The van der Waals surface area contributed by atoms with Gasteiger partial charge < -0.3 is 20.1 Å². The van der Waals surface area contributed by atoms with Gasteiger partial charge in [0, 0.05) is 19.4 Å². The van der Waals surface area contributed by atoms with Gasteiger partial charge in [0.2, 0.25) is 11.8 Å². The molecular formula is C19H23FN2O6. The molecule has 0 unspecified atom stereocenters. The largest absolute Gasteiger partial charge is 0.467 e. The molecule has 0 heterocycles. The second-order valence-electron chi connectivity index (χ2n) is 5.79. The molecule has 2 N–H and O–H groups in total. The highest BCUT2D eigenvalue weighted by Crippen LogP contribution is 2.10. The normalized spacial score (nSPS) is 12.7. The number of halogens is 1. The quantitative estimate of drug-likeness (QED) is 0.470. The summed E-state index contributed by atoms with van der Waals surface area (Å²) in [5.74, 6) is -3.06. The average Bonchev–Trinajstić information content (AvgIpc) is 2.66. The van der Waals surface area contributed by atoms with Gasteiger partial charge in [-0.2, -0.15) is 0 Å². The molecule has 0 saturated heterocycles. The first-order chi connectivity index (χ1) is 13.3. The summed E-state index contributed by atoms with van der Waals surface area (Å²) in [6.45, 7) is 1.22. The maximum absolute atomic E-state index is 13.9. The molecule has 8 nitrogen and oxygen atoms in total. The van der Waals surface area contributed by atoms with Crippen LogP contribution in [-0.2, 0) is 35.1 Å². The minimum Gasteiger partial charge on any atom is -0.467 e. The van der Waals surface area contributed by atoms with Crippen LogP contribution in [0.25, 0.3) is 0 Å². The smallest absolute Gasteiger partial charge is 0.330 e. The minimum absolute atomic E-state index is 0.0417. The van der Waals surface area contributed by atoms with Crippen molar-refractivity contribution >= 4 is 23.8 Å². The zero-order valence-corrected chi connectivity index (χ0v) is 15.9. The lowest BCUT2D eigenvalue weighted by molar-refractivity contribution is -0.145. The predicted molar refractivity (Wildman–Crippen MR) is 97.4 cm³/mol. The van der Waals surface area contributed by atoms with Gasteiger partial charge in [-0.15, -0.1) is 0 Å². The second kappa shape index (κ2) is 11.5. The summed E-state index contributed by atoms with van der Waals surface area (Å²) in [4.78, 5) is 47.1. The minimum atomic E-state index is -1.11. The molecule has 0 fully saturated rings. The summed E-state index contributed by atoms with van der Waals surface area (Å²) in [5, 5.41) is 4.89. The molecule has 2 atom stereocenters. The topological polar surface area (TPSA) is 111 Å². The standard InChI is InChI=1S/C19H23FN2O6/c1-12(23)21-16(11-13-7-4-5-8-14(13)20)18(25)22-15(19(26)28-3)9-6-10-17(24)27-2/h4-8,10,15-16H,9,11H2,1-3H3,(H,21,23)(H,22,25)/b10-6+/t15-,16+/m1/s1. The van der Waals surface area contributed by atoms with Gasteiger partial charge in [-0.05, 0) is 18.1 Å². The van der Waals surface area contributed by atoms with Crippen molar-refractivity contribution in [3.8, 4) is 0 Å². The summed E-state index contributed by atoms with van der Waals surface area (Å²) in [6, 6.07) is 3.64. The van der Waals surface area contributed by atoms with E-state index in [1.54, 1.807) is 6.07 Å². The molecule has 0 saturated carbocycles. The molecule has 28 heavy (non-hydrogen) atoms. The third-order valence-electron chi connectivity index (χ3n) is 3.70. The van der Waals surface area contributed by atoms with Gasteiger partial charge >= 0.3 is 11.9 Å². The lowest BCUT2D eigenvalue weighted by Crippen LogP contribution is -2.52. The number of carbonyl (C=O) groups is 4. The average molecular weight is 394 g/mol. The van der Waals surface area contributed by atoms with Crippen LogP contribution in [0.4, 0.5) is 4.39 Å². The molecule has 0 aliphatic carbocycles. The summed E-state index contributed by atoms with van der Waals surface area (Å²) in [7, 11) is 2.35. The molecule has 2 amide bonds. The van der Waals surface area contributed by atoms with E-state index >= 15 is 0 Å². The van der Waals surface area contributed by atoms with Crippen molar-refractivity contribution in [1.82, 2.24) is 10.6 Å². The van der Waals surface area contributed by atoms with E-state index in [1.807, 2.05) is 0 Å². The Morgan fingerprint density at radius 3 is 2.32 bits per heavy atom. The molecule has 0 spiro atoms. The van der Waals surface area contributed by atoms with Crippen molar-refractivity contribution in [2.75, 3.05) is 14.2 Å². The number of esters is 2. The van der Waals surface area contributed by atoms with Crippen LogP contribution in [0.15, 0.2) is 36.4 Å². The zero-order chi connectivity index (χ0) is 21.1. The van der Waals surface area contributed by atoms with Gasteiger partial charge in [-0.3, -0.25) is 9.59 Å². The molecule has 1 aromatic carbocycles. The maximum Gasteiger partial charge on any atom is 0.330 e. The van der Waals surface area contributed by atoms with Crippen LogP contribution in [-0.4, -0.2) is 50.1 Å². The predicted octanol–water partition coefficient (Wildman–Crippen LogP) is 0.650. The van der Waals surface area contributed by atoms with Crippen molar-refractivity contribution in [3.63, 3.8) is 0 Å². The van der Waals surface area contributed by atoms with Crippen LogP contribution in [0.2, 0.25) is 0 Å². The summed E-state index contributed by atoms with van der Waals surface area (Å²) >= 11 is 0. The SMILES string of the molecule is COC(=O)/C=C/C[C@@H](NC(=O)[C@H](Cc1ccccc1F)NC(C)=O)C(=O)OC. The van der Waals surface area contributed by atoms with Crippen molar-refractivity contribution in [1.29, 1.82) is 0 Å². The Labute approximate surface area is 162 Å². The number of nitrogens with one attached hydrogen (secondary N) is 2. The Morgan fingerprint density at radius 2 is 1.75 bits per heavy atom. The van der Waals surface area contributed by atoms with Crippen molar-refractivity contribution < 1.29 is 33.0 Å². The van der Waals surface area contributed by atoms with E-state index in [0.29, 0.717) is 0 Å². The monoisotopic (exact) mass is 394 g/mol. The Kier molecular flexibility index (Phi) is 9.35. The van der Waals surface area contributed by atoms with Crippen LogP contribution >= 0.6 is 0 Å². The molecule has 9 heteroatoms. The summed E-state index contributed by atoms with van der Waals surface area (Å²) < 4.78 is 23.0. The molecule has 0 bridgehead atoms. The lowest BCUT2D eigenvalue weighted by Gasteiger charge is -2.21. The van der Waals surface area contributed by atoms with E-state index in [4.69, 9.17) is 0 Å². The van der Waals surface area contributed by atoms with E-state index < -0.39 is 41.7 Å². The zero-order valence-electron chi connectivity index (χ0n) is 15.9. The highest BCUT2D eigenvalue weighted by molar-refractivity contribution is 5.90. The number of amides is 2. The number of benzene rings is 1. The Morgan fingerprint density at radius 1 is 1.07 bits per heavy atom. The molecule has 1 aromatic rings. The molecular weight excluding hydrogens is 371 g/mol. The van der Waals surface area contributed by atoms with Crippen molar-refractivity contribution in [2.24, 2.45) is 0 Å². The van der Waals surface area contributed by atoms with Gasteiger partial charge in [0.1, 0.15) is 17.9 Å². The first-order valence-electron chi connectivity index (χ1n) is 8.41. The first kappa shape index (κ1) is 22.8. The van der Waals surface area contributed by atoms with Crippen molar-refractivity contribution in [3.05, 3.63) is 47.8 Å². The summed E-state index contributed by atoms with van der Waals surface area (Å²) in [6.07, 6.45) is 2.30. The van der Waals surface area contributed by atoms with Gasteiger partial charge in [0.15, 0.2) is 0 Å². The fourth-order valence-electron chi connectivity index (χ4n) is 2.34. The molecule has 0 radical (unpaired) electrons. The second-order valence-corrected chi connectivity index (χ2v) is 5.79. The van der Waals surface area contributed by atoms with E-state index in [9.17, 15) is 23.6 Å². The van der Waals surface area contributed by atoms with Crippen molar-refractivity contribution in [2.45, 2.75) is 31.8 Å². The Bertz CT molecular complexity index is 750. The lowest BCUT2D eigenvalue weighted by atomic mass is 10.0. The highest BCUT2D eigenvalue weighted by Gasteiger charge is 2.27. The van der Waals surface area contributed by atoms with Crippen LogP contribution in [0.3, 0.4) is 0 Å². The van der Waals surface area contributed by atoms with E-state index in [-0.39, 0.29) is 18.4 Å². The summed E-state index contributed by atoms with van der Waals surface area (Å²) in [5.41, 5.74) is 0.233. The first-order valence-corrected chi connectivity index (χ1v) is 8.41. The number of rotatable bonds is 9. The number of carbonyl (C=O) groups excluding carboxylic acids is 4. The van der Waals surface area contributed by atoms with Gasteiger partial charge in [-0.1, -0.05) is 24.3 Å².